The van der Waals surface area contributed by atoms with Gasteiger partial charge in [-0.25, -0.2) is 5.43 Å². The second kappa shape index (κ2) is 9.04. The minimum absolute atomic E-state index is 0.131. The molecule has 8 heteroatoms. The summed E-state index contributed by atoms with van der Waals surface area (Å²) in [6, 6.07) is 13.6. The minimum Gasteiger partial charge on any atom is -0.497 e. The molecule has 0 saturated carbocycles. The summed E-state index contributed by atoms with van der Waals surface area (Å²) in [5.41, 5.74) is 5.84. The number of nitro groups is 1. The van der Waals surface area contributed by atoms with E-state index in [4.69, 9.17) is 9.15 Å². The number of amides is 1. The molecule has 0 saturated heterocycles. The Morgan fingerprint density at radius 1 is 1.17 bits per heavy atom. The minimum atomic E-state index is -0.499. The van der Waals surface area contributed by atoms with Crippen molar-refractivity contribution in [2.45, 2.75) is 20.3 Å². The number of hydrogen-bond donors (Lipinski definition) is 1. The monoisotopic (exact) mass is 407 g/mol. The van der Waals surface area contributed by atoms with Gasteiger partial charge >= 0.3 is 0 Å². The van der Waals surface area contributed by atoms with E-state index in [-0.39, 0.29) is 18.0 Å². The van der Waals surface area contributed by atoms with Gasteiger partial charge in [0.1, 0.15) is 17.3 Å². The van der Waals surface area contributed by atoms with Crippen molar-refractivity contribution < 1.29 is 18.9 Å². The molecule has 0 spiro atoms. The summed E-state index contributed by atoms with van der Waals surface area (Å²) in [7, 11) is 1.44. The number of aryl methyl sites for hydroxylation is 2. The smallest absolute Gasteiger partial charge is 0.284 e. The lowest BCUT2D eigenvalue weighted by Gasteiger charge is -2.04. The van der Waals surface area contributed by atoms with Crippen molar-refractivity contribution in [1.82, 2.24) is 5.43 Å². The SMILES string of the molecule is COc1ccc(-c2ccc(/C=N\NC(=O)Cc3ccc(C)c(C)c3)o2)c([N+](=O)[O-])c1. The van der Waals surface area contributed by atoms with Crippen molar-refractivity contribution in [3.05, 3.63) is 81.1 Å². The molecule has 3 rings (SSSR count). The van der Waals surface area contributed by atoms with Crippen LogP contribution in [0.4, 0.5) is 5.69 Å². The quantitative estimate of drug-likeness (QED) is 0.359. The molecule has 1 amide bonds. The Bertz CT molecular complexity index is 1120. The number of benzene rings is 2. The molecule has 1 aromatic heterocycles. The highest BCUT2D eigenvalue weighted by atomic mass is 16.6. The van der Waals surface area contributed by atoms with Crippen LogP contribution >= 0.6 is 0 Å². The molecular weight excluding hydrogens is 386 g/mol. The third-order valence-corrected chi connectivity index (χ3v) is 4.61. The van der Waals surface area contributed by atoms with Gasteiger partial charge in [0.05, 0.1) is 36.3 Å². The lowest BCUT2D eigenvalue weighted by molar-refractivity contribution is -0.384. The number of carbonyl (C=O) groups excluding carboxylic acids is 1. The maximum atomic E-state index is 12.1. The third kappa shape index (κ3) is 4.91. The van der Waals surface area contributed by atoms with Gasteiger partial charge in [0.2, 0.25) is 5.91 Å². The number of furan rings is 1. The van der Waals surface area contributed by atoms with Gasteiger partial charge in [-0.05, 0) is 54.8 Å². The molecule has 30 heavy (non-hydrogen) atoms. The molecule has 0 fully saturated rings. The highest BCUT2D eigenvalue weighted by molar-refractivity contribution is 5.82. The number of ether oxygens (including phenoxy) is 1. The standard InChI is InChI=1S/C22H21N3O5/c1-14-4-5-16(10-15(14)2)11-22(26)24-23-13-18-7-9-21(30-18)19-8-6-17(29-3)12-20(19)25(27)28/h4-10,12-13H,11H2,1-3H3,(H,24,26)/b23-13-. The Hall–Kier alpha value is -3.94. The maximum absolute atomic E-state index is 12.1. The first-order valence-corrected chi connectivity index (χ1v) is 9.18. The fraction of sp³-hybridized carbons (Fsp3) is 0.182. The van der Waals surface area contributed by atoms with Crippen molar-refractivity contribution in [1.29, 1.82) is 0 Å². The van der Waals surface area contributed by atoms with Crippen LogP contribution in [0, 0.1) is 24.0 Å². The molecule has 1 heterocycles. The first kappa shape index (κ1) is 20.8. The predicted molar refractivity (Wildman–Crippen MR) is 113 cm³/mol. The van der Waals surface area contributed by atoms with E-state index < -0.39 is 4.92 Å². The van der Waals surface area contributed by atoms with Crippen LogP contribution in [-0.2, 0) is 11.2 Å². The van der Waals surface area contributed by atoms with E-state index >= 15 is 0 Å². The molecule has 154 valence electrons. The fourth-order valence-corrected chi connectivity index (χ4v) is 2.87. The van der Waals surface area contributed by atoms with E-state index in [9.17, 15) is 14.9 Å². The number of hydrazone groups is 1. The van der Waals surface area contributed by atoms with Crippen molar-refractivity contribution in [2.24, 2.45) is 5.10 Å². The van der Waals surface area contributed by atoms with E-state index in [1.54, 1.807) is 24.3 Å². The number of nitro benzene ring substituents is 1. The number of methoxy groups -OCH3 is 1. The van der Waals surface area contributed by atoms with Gasteiger partial charge in [-0.1, -0.05) is 18.2 Å². The Kier molecular flexibility index (Phi) is 6.26. The second-order valence-corrected chi connectivity index (χ2v) is 6.73. The highest BCUT2D eigenvalue weighted by Gasteiger charge is 2.19. The molecule has 0 aliphatic heterocycles. The average Bonchev–Trinajstić information content (AvgIpc) is 3.19. The maximum Gasteiger partial charge on any atom is 0.284 e. The molecule has 0 aliphatic rings. The molecule has 0 aliphatic carbocycles. The number of nitrogens with one attached hydrogen (secondary N) is 1. The first-order valence-electron chi connectivity index (χ1n) is 9.18. The summed E-state index contributed by atoms with van der Waals surface area (Å²) in [6.07, 6.45) is 1.55. The van der Waals surface area contributed by atoms with Crippen molar-refractivity contribution in [3.63, 3.8) is 0 Å². The van der Waals surface area contributed by atoms with Crippen molar-refractivity contribution in [2.75, 3.05) is 7.11 Å². The molecule has 0 radical (unpaired) electrons. The molecule has 1 N–H and O–H groups in total. The van der Waals surface area contributed by atoms with Crippen LogP contribution in [0.2, 0.25) is 0 Å². The summed E-state index contributed by atoms with van der Waals surface area (Å²) in [6.45, 7) is 4.01. The van der Waals surface area contributed by atoms with E-state index in [2.05, 4.69) is 10.5 Å². The lowest BCUT2D eigenvalue weighted by atomic mass is 10.0. The predicted octanol–water partition coefficient (Wildman–Crippen LogP) is 4.17. The number of rotatable bonds is 7. The Labute approximate surface area is 173 Å². The van der Waals surface area contributed by atoms with E-state index in [0.717, 1.165) is 11.1 Å². The summed E-state index contributed by atoms with van der Waals surface area (Å²) < 4.78 is 10.7. The Morgan fingerprint density at radius 2 is 1.97 bits per heavy atom. The molecule has 0 unspecified atom stereocenters. The van der Waals surface area contributed by atoms with Gasteiger partial charge in [0.15, 0.2) is 0 Å². The van der Waals surface area contributed by atoms with E-state index in [0.29, 0.717) is 22.8 Å². The molecule has 2 aromatic carbocycles. The lowest BCUT2D eigenvalue weighted by Crippen LogP contribution is -2.19. The average molecular weight is 407 g/mol. The summed E-state index contributed by atoms with van der Waals surface area (Å²) in [5, 5.41) is 15.2. The van der Waals surface area contributed by atoms with Crippen LogP contribution in [0.1, 0.15) is 22.5 Å². The van der Waals surface area contributed by atoms with Gasteiger partial charge in [0.25, 0.3) is 5.69 Å². The zero-order valence-electron chi connectivity index (χ0n) is 16.8. The van der Waals surface area contributed by atoms with Crippen LogP contribution in [0.15, 0.2) is 58.0 Å². The molecular formula is C22H21N3O5. The van der Waals surface area contributed by atoms with Crippen LogP contribution in [0.3, 0.4) is 0 Å². The van der Waals surface area contributed by atoms with Crippen LogP contribution < -0.4 is 10.2 Å². The summed E-state index contributed by atoms with van der Waals surface area (Å²) >= 11 is 0. The van der Waals surface area contributed by atoms with Crippen molar-refractivity contribution in [3.8, 4) is 17.1 Å². The summed E-state index contributed by atoms with van der Waals surface area (Å²) in [5.74, 6) is 0.784. The highest BCUT2D eigenvalue weighted by Crippen LogP contribution is 2.33. The summed E-state index contributed by atoms with van der Waals surface area (Å²) in [4.78, 5) is 22.9. The second-order valence-electron chi connectivity index (χ2n) is 6.73. The third-order valence-electron chi connectivity index (χ3n) is 4.61. The number of hydrogen-bond acceptors (Lipinski definition) is 6. The number of carbonyl (C=O) groups is 1. The first-order chi connectivity index (χ1) is 14.4. The molecule has 8 nitrogen and oxygen atoms in total. The molecule has 3 aromatic rings. The number of nitrogens with zero attached hydrogens (tertiary/aromatic N) is 2. The normalized spacial score (nSPS) is 10.9. The van der Waals surface area contributed by atoms with E-state index in [1.165, 1.54) is 25.0 Å². The van der Waals surface area contributed by atoms with Crippen LogP contribution in [0.25, 0.3) is 11.3 Å². The Morgan fingerprint density at radius 3 is 2.67 bits per heavy atom. The van der Waals surface area contributed by atoms with Gasteiger partial charge in [-0.15, -0.1) is 0 Å². The molecule has 0 bridgehead atoms. The largest absolute Gasteiger partial charge is 0.497 e. The zero-order valence-corrected chi connectivity index (χ0v) is 16.8. The molecule has 0 atom stereocenters. The fourth-order valence-electron chi connectivity index (χ4n) is 2.87. The van der Waals surface area contributed by atoms with Crippen LogP contribution in [-0.4, -0.2) is 24.2 Å². The topological polar surface area (TPSA) is 107 Å². The van der Waals surface area contributed by atoms with Gasteiger partial charge in [-0.3, -0.25) is 14.9 Å². The van der Waals surface area contributed by atoms with E-state index in [1.807, 2.05) is 32.0 Å². The van der Waals surface area contributed by atoms with Gasteiger partial charge in [0, 0.05) is 0 Å². The van der Waals surface area contributed by atoms with Gasteiger partial charge in [-0.2, -0.15) is 5.10 Å². The van der Waals surface area contributed by atoms with Crippen LogP contribution in [0.5, 0.6) is 5.75 Å². The zero-order chi connectivity index (χ0) is 21.7. The Balaban J connectivity index is 1.67. The van der Waals surface area contributed by atoms with Crippen molar-refractivity contribution >= 4 is 17.8 Å². The van der Waals surface area contributed by atoms with Gasteiger partial charge < -0.3 is 9.15 Å².